The van der Waals surface area contributed by atoms with Gasteiger partial charge in [-0.1, -0.05) is 42.5 Å². The summed E-state index contributed by atoms with van der Waals surface area (Å²) < 4.78 is 0. The monoisotopic (exact) mass is 289 g/mol. The maximum absolute atomic E-state index is 4.50. The molecule has 3 heteroatoms. The molecule has 2 aromatic carbocycles. The Labute approximate surface area is 131 Å². The van der Waals surface area contributed by atoms with E-state index in [0.29, 0.717) is 0 Å². The largest absolute Gasteiger partial charge is 0.381 e. The van der Waals surface area contributed by atoms with Crippen LogP contribution in [0, 0.1) is 0 Å². The number of rotatable bonds is 6. The first kappa shape index (κ1) is 14.1. The molecule has 110 valence electrons. The van der Waals surface area contributed by atoms with Crippen LogP contribution in [-0.4, -0.2) is 4.98 Å². The van der Waals surface area contributed by atoms with E-state index in [-0.39, 0.29) is 0 Å². The Hall–Kier alpha value is -2.81. The summed E-state index contributed by atoms with van der Waals surface area (Å²) in [6.07, 6.45) is 1.93. The fraction of sp³-hybridized carbons (Fsp3) is 0.105. The predicted molar refractivity (Wildman–Crippen MR) is 91.8 cm³/mol. The van der Waals surface area contributed by atoms with Crippen molar-refractivity contribution < 1.29 is 0 Å². The first-order valence-electron chi connectivity index (χ1n) is 7.42. The summed E-state index contributed by atoms with van der Waals surface area (Å²) in [6.45, 7) is 1.51. The Morgan fingerprint density at radius 1 is 0.636 bits per heavy atom. The molecule has 22 heavy (non-hydrogen) atoms. The summed E-state index contributed by atoms with van der Waals surface area (Å²) in [7, 11) is 0. The minimum absolute atomic E-state index is 0.733. The van der Waals surface area contributed by atoms with Gasteiger partial charge in [0, 0.05) is 24.1 Å². The molecule has 1 aromatic heterocycles. The lowest BCUT2D eigenvalue weighted by atomic mass is 10.2. The number of benzene rings is 2. The van der Waals surface area contributed by atoms with Crippen molar-refractivity contribution >= 4 is 11.4 Å². The maximum atomic E-state index is 4.50. The molecule has 2 N–H and O–H groups in total. The summed E-state index contributed by atoms with van der Waals surface area (Å²) in [5.74, 6) is 0. The number of para-hydroxylation sites is 2. The average molecular weight is 289 g/mol. The van der Waals surface area contributed by atoms with Gasteiger partial charge in [-0.3, -0.25) is 4.98 Å². The van der Waals surface area contributed by atoms with Gasteiger partial charge < -0.3 is 10.6 Å². The zero-order valence-corrected chi connectivity index (χ0v) is 12.4. The highest BCUT2D eigenvalue weighted by molar-refractivity contribution is 5.44. The molecule has 3 rings (SSSR count). The van der Waals surface area contributed by atoms with Crippen LogP contribution in [0.1, 0.15) is 11.3 Å². The molecule has 0 unspecified atom stereocenters. The summed E-state index contributed by atoms with van der Waals surface area (Å²) in [5, 5.41) is 6.74. The van der Waals surface area contributed by atoms with Crippen molar-refractivity contribution in [2.45, 2.75) is 13.1 Å². The van der Waals surface area contributed by atoms with Crippen LogP contribution in [0.2, 0.25) is 0 Å². The van der Waals surface area contributed by atoms with Crippen LogP contribution in [0.5, 0.6) is 0 Å². The molecular formula is C19H19N3. The van der Waals surface area contributed by atoms with Crippen LogP contribution in [-0.2, 0) is 13.1 Å². The summed E-state index contributed by atoms with van der Waals surface area (Å²) in [5.41, 5.74) is 4.44. The molecule has 0 aliphatic heterocycles. The highest BCUT2D eigenvalue weighted by atomic mass is 14.9. The lowest BCUT2D eigenvalue weighted by Gasteiger charge is -2.08. The van der Waals surface area contributed by atoms with E-state index in [9.17, 15) is 0 Å². The Balaban J connectivity index is 1.52. The highest BCUT2D eigenvalue weighted by Crippen LogP contribution is 2.10. The number of pyridine rings is 1. The van der Waals surface area contributed by atoms with E-state index >= 15 is 0 Å². The molecule has 0 fully saturated rings. The van der Waals surface area contributed by atoms with Gasteiger partial charge in [0.25, 0.3) is 0 Å². The zero-order chi connectivity index (χ0) is 15.0. The number of anilines is 2. The maximum Gasteiger partial charge on any atom is 0.0594 e. The van der Waals surface area contributed by atoms with E-state index in [1.807, 2.05) is 42.6 Å². The molecular weight excluding hydrogens is 270 g/mol. The van der Waals surface area contributed by atoms with E-state index in [1.54, 1.807) is 0 Å². The Morgan fingerprint density at radius 3 is 1.77 bits per heavy atom. The molecule has 3 aromatic rings. The summed E-state index contributed by atoms with van der Waals surface area (Å²) in [6, 6.07) is 24.5. The molecule has 1 heterocycles. The molecule has 0 radical (unpaired) electrons. The second-order valence-corrected chi connectivity index (χ2v) is 5.10. The second kappa shape index (κ2) is 7.27. The third-order valence-corrected chi connectivity index (χ3v) is 3.40. The van der Waals surface area contributed by atoms with Crippen LogP contribution >= 0.6 is 0 Å². The molecule has 0 spiro atoms. The van der Waals surface area contributed by atoms with Crippen molar-refractivity contribution in [3.8, 4) is 0 Å². The van der Waals surface area contributed by atoms with Gasteiger partial charge in [0.1, 0.15) is 0 Å². The Morgan fingerprint density at radius 2 is 1.23 bits per heavy atom. The normalized spacial score (nSPS) is 10.2. The summed E-state index contributed by atoms with van der Waals surface area (Å²) in [4.78, 5) is 4.50. The number of aromatic nitrogens is 1. The predicted octanol–water partition coefficient (Wildman–Crippen LogP) is 4.31. The molecule has 3 nitrogen and oxygen atoms in total. The third-order valence-electron chi connectivity index (χ3n) is 3.40. The van der Waals surface area contributed by atoms with Crippen LogP contribution < -0.4 is 10.6 Å². The van der Waals surface area contributed by atoms with Crippen LogP contribution in [0.15, 0.2) is 79.0 Å². The van der Waals surface area contributed by atoms with Crippen molar-refractivity contribution in [2.75, 3.05) is 10.6 Å². The van der Waals surface area contributed by atoms with Crippen LogP contribution in [0.3, 0.4) is 0 Å². The van der Waals surface area contributed by atoms with E-state index in [1.165, 1.54) is 5.56 Å². The first-order chi connectivity index (χ1) is 10.9. The van der Waals surface area contributed by atoms with E-state index in [0.717, 1.165) is 30.2 Å². The zero-order valence-electron chi connectivity index (χ0n) is 12.4. The highest BCUT2D eigenvalue weighted by Gasteiger charge is 1.97. The molecule has 0 saturated heterocycles. The number of nitrogens with one attached hydrogen (secondary N) is 2. The van der Waals surface area contributed by atoms with Gasteiger partial charge in [0.15, 0.2) is 0 Å². The van der Waals surface area contributed by atoms with Crippen molar-refractivity contribution in [2.24, 2.45) is 0 Å². The number of hydrogen-bond acceptors (Lipinski definition) is 3. The molecule has 0 bridgehead atoms. The lowest BCUT2D eigenvalue weighted by molar-refractivity contribution is 1.02. The number of hydrogen-bond donors (Lipinski definition) is 2. The standard InChI is InChI=1S/C19H19N3/c1-3-7-17(8-4-1)20-13-16-11-12-19(21-14-16)15-22-18-9-5-2-6-10-18/h1-12,14,20,22H,13,15H2. The van der Waals surface area contributed by atoms with Gasteiger partial charge in [0.2, 0.25) is 0 Å². The van der Waals surface area contributed by atoms with Crippen molar-refractivity contribution in [1.82, 2.24) is 4.98 Å². The van der Waals surface area contributed by atoms with Crippen LogP contribution in [0.4, 0.5) is 11.4 Å². The smallest absolute Gasteiger partial charge is 0.0594 e. The average Bonchev–Trinajstić information content (AvgIpc) is 2.61. The van der Waals surface area contributed by atoms with E-state index in [2.05, 4.69) is 52.0 Å². The van der Waals surface area contributed by atoms with E-state index < -0.39 is 0 Å². The van der Waals surface area contributed by atoms with Gasteiger partial charge in [0.05, 0.1) is 12.2 Å². The molecule has 0 amide bonds. The summed E-state index contributed by atoms with van der Waals surface area (Å²) >= 11 is 0. The minimum Gasteiger partial charge on any atom is -0.381 e. The number of nitrogens with zero attached hydrogens (tertiary/aromatic N) is 1. The van der Waals surface area contributed by atoms with Gasteiger partial charge in [-0.25, -0.2) is 0 Å². The van der Waals surface area contributed by atoms with Gasteiger partial charge in [-0.15, -0.1) is 0 Å². The molecule has 0 aliphatic carbocycles. The Kier molecular flexibility index (Phi) is 4.67. The minimum atomic E-state index is 0.733. The molecule has 0 saturated carbocycles. The third kappa shape index (κ3) is 4.09. The lowest BCUT2D eigenvalue weighted by Crippen LogP contribution is -2.03. The van der Waals surface area contributed by atoms with Crippen molar-refractivity contribution in [3.05, 3.63) is 90.3 Å². The quantitative estimate of drug-likeness (QED) is 0.710. The van der Waals surface area contributed by atoms with Gasteiger partial charge >= 0.3 is 0 Å². The SMILES string of the molecule is c1ccc(NCc2ccc(CNc3ccccc3)nc2)cc1. The van der Waals surface area contributed by atoms with E-state index in [4.69, 9.17) is 0 Å². The first-order valence-corrected chi connectivity index (χ1v) is 7.42. The second-order valence-electron chi connectivity index (χ2n) is 5.10. The fourth-order valence-corrected chi connectivity index (χ4v) is 2.17. The fourth-order valence-electron chi connectivity index (χ4n) is 2.17. The van der Waals surface area contributed by atoms with Gasteiger partial charge in [-0.2, -0.15) is 0 Å². The molecule has 0 aliphatic rings. The topological polar surface area (TPSA) is 37.0 Å². The van der Waals surface area contributed by atoms with Gasteiger partial charge in [-0.05, 0) is 35.9 Å². The van der Waals surface area contributed by atoms with Crippen molar-refractivity contribution in [3.63, 3.8) is 0 Å². The Bertz CT molecular complexity index is 616. The van der Waals surface area contributed by atoms with Crippen molar-refractivity contribution in [1.29, 1.82) is 0 Å². The van der Waals surface area contributed by atoms with Crippen LogP contribution in [0.25, 0.3) is 0 Å². The molecule has 0 atom stereocenters.